The third-order valence-electron chi connectivity index (χ3n) is 7.82. The molecule has 4 aromatic rings. The van der Waals surface area contributed by atoms with E-state index < -0.39 is 37.7 Å². The predicted octanol–water partition coefficient (Wildman–Crippen LogP) is 0.417. The molecule has 0 radical (unpaired) electrons. The number of piperazine rings is 1. The normalized spacial score (nSPS) is 18.6. The zero-order chi connectivity index (χ0) is 31.8. The number of terminal acetylenes is 1. The van der Waals surface area contributed by atoms with Crippen molar-refractivity contribution in [1.82, 2.24) is 28.5 Å². The molecular weight excluding hydrogens is 622 g/mol. The van der Waals surface area contributed by atoms with E-state index in [1.807, 2.05) is 0 Å². The van der Waals surface area contributed by atoms with Crippen molar-refractivity contribution in [2.75, 3.05) is 51.7 Å². The van der Waals surface area contributed by atoms with Gasteiger partial charge in [-0.2, -0.15) is 13.3 Å². The molecule has 45 heavy (non-hydrogen) atoms. The van der Waals surface area contributed by atoms with E-state index in [2.05, 4.69) is 20.9 Å². The number of aromatic amines is 1. The van der Waals surface area contributed by atoms with Crippen LogP contribution in [0.25, 0.3) is 22.2 Å². The fourth-order valence-electron chi connectivity index (χ4n) is 5.45. The second-order valence-corrected chi connectivity index (χ2v) is 14.5. The number of nitrogens with zero attached hydrogens (tertiary/aromatic N) is 6. The number of H-pyrrole nitrogens is 1. The van der Waals surface area contributed by atoms with E-state index in [1.165, 1.54) is 38.2 Å². The number of sulfonamides is 2. The molecule has 1 amide bonds. The lowest BCUT2D eigenvalue weighted by Crippen LogP contribution is -2.60. The van der Waals surface area contributed by atoms with Crippen LogP contribution in [0.4, 0.5) is 0 Å². The van der Waals surface area contributed by atoms with Gasteiger partial charge < -0.3 is 19.8 Å². The largest absolute Gasteiger partial charge is 0.618 e. The number of pyridine rings is 1. The first-order chi connectivity index (χ1) is 21.6. The molecule has 2 aliphatic rings. The van der Waals surface area contributed by atoms with Crippen molar-refractivity contribution in [2.45, 2.75) is 11.1 Å². The molecule has 1 aromatic carbocycles. The quantitative estimate of drug-likeness (QED) is 0.169. The van der Waals surface area contributed by atoms with Crippen LogP contribution in [0.5, 0.6) is 0 Å². The molecule has 14 nitrogen and oxygen atoms in total. The number of morpholine rings is 1. The van der Waals surface area contributed by atoms with Gasteiger partial charge in [0.25, 0.3) is 15.9 Å². The number of amides is 1. The Kier molecular flexibility index (Phi) is 8.29. The SMILES string of the molecule is C#Cc1ccc2[nH]c(S(=O)(=O)N3CCN(C(=O)c4ncc(-c5cccc[n+]5[O-])cn4)C(CS(=O)(=O)N4CCOCC4)C3)cc2c1. The number of carbonyl (C=O) groups is 1. The second kappa shape index (κ2) is 12.2. The fraction of sp³-hybridized carbons (Fsp3) is 0.310. The topological polar surface area (TPSA) is 173 Å². The van der Waals surface area contributed by atoms with Gasteiger partial charge in [0.1, 0.15) is 5.03 Å². The monoisotopic (exact) mass is 651 g/mol. The van der Waals surface area contributed by atoms with Crippen LogP contribution in [0, 0.1) is 17.6 Å². The summed E-state index contributed by atoms with van der Waals surface area (Å²) in [4.78, 5) is 26.3. The smallest absolute Gasteiger partial charge is 0.292 e. The van der Waals surface area contributed by atoms with E-state index >= 15 is 0 Å². The van der Waals surface area contributed by atoms with E-state index in [0.717, 1.165) is 0 Å². The number of benzene rings is 1. The molecule has 2 saturated heterocycles. The Labute approximate surface area is 259 Å². The van der Waals surface area contributed by atoms with Crippen LogP contribution >= 0.6 is 0 Å². The minimum atomic E-state index is -4.11. The van der Waals surface area contributed by atoms with Gasteiger partial charge in [-0.3, -0.25) is 4.79 Å². The van der Waals surface area contributed by atoms with Crippen LogP contribution in [0.1, 0.15) is 16.2 Å². The summed E-state index contributed by atoms with van der Waals surface area (Å²) in [6, 6.07) is 10.4. The zero-order valence-corrected chi connectivity index (χ0v) is 25.6. The van der Waals surface area contributed by atoms with Crippen LogP contribution in [0.15, 0.2) is 66.1 Å². The molecule has 1 unspecified atom stereocenters. The first kappa shape index (κ1) is 30.6. The molecule has 1 atom stereocenters. The zero-order valence-electron chi connectivity index (χ0n) is 23.9. The van der Waals surface area contributed by atoms with Crippen molar-refractivity contribution in [2.24, 2.45) is 0 Å². The summed E-state index contributed by atoms with van der Waals surface area (Å²) in [5, 5.41) is 12.7. The lowest BCUT2D eigenvalue weighted by molar-refractivity contribution is -0.593. The van der Waals surface area contributed by atoms with Gasteiger partial charge in [0.05, 0.1) is 30.6 Å². The van der Waals surface area contributed by atoms with Gasteiger partial charge in [0.15, 0.2) is 6.20 Å². The standard InChI is InChI=1S/C29H29N7O7S2/c1-2-21-6-7-25-22(15-21)16-27(32-25)45(41,42)34-9-10-35(24(19-34)20-44(39,40)33-11-13-43-14-12-33)29(37)28-30-17-23(18-31-28)26-5-3-4-8-36(26)38/h1,3-8,15-18,24,32H,9-14,19-20H2. The first-order valence-electron chi connectivity index (χ1n) is 14.0. The molecule has 3 aromatic heterocycles. The number of ether oxygens (including phenoxy) is 1. The number of hydrogen-bond donors (Lipinski definition) is 1. The van der Waals surface area contributed by atoms with Gasteiger partial charge in [0.2, 0.25) is 21.5 Å². The Bertz CT molecular complexity index is 2000. The molecule has 0 bridgehead atoms. The molecular formula is C29H29N7O7S2. The van der Waals surface area contributed by atoms with Crippen molar-refractivity contribution in [1.29, 1.82) is 0 Å². The van der Waals surface area contributed by atoms with E-state index in [0.29, 0.717) is 26.8 Å². The molecule has 5 heterocycles. The highest BCUT2D eigenvalue weighted by Gasteiger charge is 2.41. The lowest BCUT2D eigenvalue weighted by Gasteiger charge is -2.41. The number of nitrogens with one attached hydrogen (secondary N) is 1. The minimum Gasteiger partial charge on any atom is -0.618 e. The maximum absolute atomic E-state index is 13.8. The van der Waals surface area contributed by atoms with Gasteiger partial charge in [-0.05, 0) is 30.3 Å². The molecule has 2 aliphatic heterocycles. The summed E-state index contributed by atoms with van der Waals surface area (Å²) < 4.78 is 62.9. The summed E-state index contributed by atoms with van der Waals surface area (Å²) >= 11 is 0. The Morgan fingerprint density at radius 1 is 1.04 bits per heavy atom. The third-order valence-corrected chi connectivity index (χ3v) is 11.6. The third kappa shape index (κ3) is 6.13. The van der Waals surface area contributed by atoms with Gasteiger partial charge in [-0.15, -0.1) is 6.42 Å². The van der Waals surface area contributed by atoms with Crippen LogP contribution < -0.4 is 4.73 Å². The highest BCUT2D eigenvalue weighted by molar-refractivity contribution is 7.89. The maximum atomic E-state index is 13.8. The van der Waals surface area contributed by atoms with Gasteiger partial charge in [0, 0.05) is 73.7 Å². The molecule has 1 N–H and O–H groups in total. The predicted molar refractivity (Wildman–Crippen MR) is 162 cm³/mol. The number of hydrogen-bond acceptors (Lipinski definition) is 9. The summed E-state index contributed by atoms with van der Waals surface area (Å²) in [5.41, 5.74) is 1.85. The Hall–Kier alpha value is -4.40. The van der Waals surface area contributed by atoms with Crippen LogP contribution in [-0.4, -0.2) is 109 Å². The summed E-state index contributed by atoms with van der Waals surface area (Å²) in [6.07, 6.45) is 9.49. The summed E-state index contributed by atoms with van der Waals surface area (Å²) in [7, 11) is -8.02. The number of carbonyl (C=O) groups excluding carboxylic acids is 1. The van der Waals surface area contributed by atoms with Crippen molar-refractivity contribution in [3.63, 3.8) is 0 Å². The number of fused-ring (bicyclic) bond motifs is 1. The number of rotatable bonds is 7. The van der Waals surface area contributed by atoms with Crippen LogP contribution in [0.3, 0.4) is 0 Å². The van der Waals surface area contributed by atoms with E-state index in [4.69, 9.17) is 11.2 Å². The molecule has 16 heteroatoms. The average molecular weight is 652 g/mol. The van der Waals surface area contributed by atoms with Gasteiger partial charge >= 0.3 is 0 Å². The van der Waals surface area contributed by atoms with Crippen LogP contribution in [0.2, 0.25) is 0 Å². The molecule has 6 rings (SSSR count). The minimum absolute atomic E-state index is 0.0725. The fourth-order valence-corrected chi connectivity index (χ4v) is 8.62. The van der Waals surface area contributed by atoms with Crippen molar-refractivity contribution >= 4 is 36.9 Å². The summed E-state index contributed by atoms with van der Waals surface area (Å²) in [6.45, 7) is 0.312. The van der Waals surface area contributed by atoms with E-state index in [1.54, 1.807) is 36.4 Å². The van der Waals surface area contributed by atoms with Crippen molar-refractivity contribution in [3.8, 4) is 23.6 Å². The summed E-state index contributed by atoms with van der Waals surface area (Å²) in [5.74, 6) is 1.14. The van der Waals surface area contributed by atoms with Gasteiger partial charge in [-0.1, -0.05) is 5.92 Å². The Balaban J connectivity index is 1.29. The van der Waals surface area contributed by atoms with Crippen molar-refractivity contribution in [3.05, 3.63) is 77.7 Å². The Morgan fingerprint density at radius 3 is 2.51 bits per heavy atom. The average Bonchev–Trinajstić information content (AvgIpc) is 3.50. The van der Waals surface area contributed by atoms with Crippen LogP contribution in [-0.2, 0) is 24.8 Å². The maximum Gasteiger partial charge on any atom is 0.292 e. The molecule has 0 aliphatic carbocycles. The molecule has 234 valence electrons. The molecule has 2 fully saturated rings. The second-order valence-electron chi connectivity index (χ2n) is 10.6. The Morgan fingerprint density at radius 2 is 1.80 bits per heavy atom. The van der Waals surface area contributed by atoms with E-state index in [9.17, 15) is 26.8 Å². The first-order valence-corrected chi connectivity index (χ1v) is 17.1. The number of aromatic nitrogens is 4. The van der Waals surface area contributed by atoms with Gasteiger partial charge in [-0.25, -0.2) is 26.8 Å². The highest BCUT2D eigenvalue weighted by atomic mass is 32.2. The van der Waals surface area contributed by atoms with Crippen molar-refractivity contribution < 1.29 is 31.1 Å². The highest BCUT2D eigenvalue weighted by Crippen LogP contribution is 2.26. The molecule has 0 saturated carbocycles. The molecule has 0 spiro atoms. The van der Waals surface area contributed by atoms with E-state index in [-0.39, 0.29) is 62.5 Å². The lowest BCUT2D eigenvalue weighted by atomic mass is 10.2.